The van der Waals surface area contributed by atoms with Gasteiger partial charge in [0.1, 0.15) is 10.9 Å². The van der Waals surface area contributed by atoms with Gasteiger partial charge >= 0.3 is 4.32 Å². The van der Waals surface area contributed by atoms with Gasteiger partial charge in [-0.25, -0.2) is 0 Å². The molecule has 0 radical (unpaired) electrons. The summed E-state index contributed by atoms with van der Waals surface area (Å²) in [6, 6.07) is 0. The van der Waals surface area contributed by atoms with E-state index in [4.69, 9.17) is 24.8 Å². The van der Waals surface area contributed by atoms with Crippen LogP contribution < -0.4 is 5.43 Å². The average molecular weight is 941 g/mol. The van der Waals surface area contributed by atoms with Gasteiger partial charge < -0.3 is 0 Å². The Kier molecular flexibility index (Phi) is 47.7. The Hall–Kier alpha value is 0.470. The van der Waals surface area contributed by atoms with Crippen LogP contribution in [0.2, 0.25) is 0 Å². The second kappa shape index (κ2) is 48.9. The summed E-state index contributed by atoms with van der Waals surface area (Å²) >= 11 is 11.5. The van der Waals surface area contributed by atoms with E-state index in [0.717, 1.165) is 16.9 Å². The molecule has 4 nitrogen and oxygen atoms in total. The van der Waals surface area contributed by atoms with Crippen LogP contribution in [-0.4, -0.2) is 62.6 Å². The Morgan fingerprint density at radius 3 is 0.857 bits per heavy atom. The molecule has 376 valence electrons. The summed E-state index contributed by atoms with van der Waals surface area (Å²) in [7, 11) is -0.0449. The summed E-state index contributed by atoms with van der Waals surface area (Å²) in [5.41, 5.74) is 3.73. The quantitative estimate of drug-likeness (QED) is 0.0274. The Balaban J connectivity index is 2.66. The molecule has 0 amide bonds. The van der Waals surface area contributed by atoms with Crippen LogP contribution in [-0.2, 0) is 10.9 Å². The molecule has 0 aromatic rings. The molecular weight excluding hydrogens is 825 g/mol. The lowest BCUT2D eigenvalue weighted by atomic mass is 10.1. The van der Waals surface area contributed by atoms with Gasteiger partial charge in [-0.3, -0.25) is 15.2 Å². The molecule has 2 atom stereocenters. The highest BCUT2D eigenvalue weighted by atomic mass is 32.2. The number of nitrogens with zero attached hydrogens (tertiary/aromatic N) is 3. The standard InChI is InChI=1S/C56H114N4S3/c1-5-9-13-17-21-25-29-33-37-41-45-49-58(50-46-42-38-34-30-26-22-18-14-10-6-2)53-60-56(62)63(55(61)57-60)54-59(51-47-43-39-35-31-27-23-19-15-11-7-3)52-48-44-40-36-32-28-24-20-16-12-8-4/h56H,5-54H2,1-4H3,(H-,57,61,62)/p+1. The van der Waals surface area contributed by atoms with Gasteiger partial charge in [0.15, 0.2) is 5.88 Å². The molecule has 0 aromatic heterocycles. The highest BCUT2D eigenvalue weighted by Crippen LogP contribution is 2.25. The van der Waals surface area contributed by atoms with E-state index >= 15 is 0 Å². The van der Waals surface area contributed by atoms with Crippen LogP contribution in [0.5, 0.6) is 0 Å². The SMILES string of the molecule is CCCCCCCCCCCCCN(CCCCCCCCCCCCC)CN1NC(=S)[S+](CN(CCCCCCCCCCCCC)CCCCCCCCCCCCC)C1S. The van der Waals surface area contributed by atoms with E-state index in [-0.39, 0.29) is 15.6 Å². The molecule has 0 spiro atoms. The van der Waals surface area contributed by atoms with Gasteiger partial charge in [-0.2, -0.15) is 0 Å². The Morgan fingerprint density at radius 2 is 0.603 bits per heavy atom. The van der Waals surface area contributed by atoms with Crippen LogP contribution in [0.3, 0.4) is 0 Å². The van der Waals surface area contributed by atoms with Crippen molar-refractivity contribution in [2.24, 2.45) is 0 Å². The smallest absolute Gasteiger partial charge is 0.289 e. The molecule has 7 heteroatoms. The van der Waals surface area contributed by atoms with E-state index in [1.807, 2.05) is 0 Å². The molecule has 0 saturated carbocycles. The van der Waals surface area contributed by atoms with Gasteiger partial charge in [0.05, 0.1) is 6.67 Å². The van der Waals surface area contributed by atoms with Crippen LogP contribution in [0.4, 0.5) is 0 Å². The summed E-state index contributed by atoms with van der Waals surface area (Å²) in [6.45, 7) is 15.1. The molecular formula is C56H115N4S3+. The molecule has 1 aliphatic heterocycles. The van der Waals surface area contributed by atoms with Gasteiger partial charge in [-0.1, -0.05) is 285 Å². The minimum absolute atomic E-state index is 0.0449. The molecule has 0 bridgehead atoms. The van der Waals surface area contributed by atoms with Crippen LogP contribution in [0, 0.1) is 0 Å². The number of thiol groups is 1. The summed E-state index contributed by atoms with van der Waals surface area (Å²) in [4.78, 5) is 5.56. The first-order valence-corrected chi connectivity index (χ1v) is 31.3. The van der Waals surface area contributed by atoms with E-state index in [9.17, 15) is 0 Å². The fourth-order valence-electron chi connectivity index (χ4n) is 9.62. The second-order valence-electron chi connectivity index (χ2n) is 20.3. The molecule has 1 saturated heterocycles. The third-order valence-electron chi connectivity index (χ3n) is 14.0. The number of hydrogen-bond acceptors (Lipinski definition) is 5. The van der Waals surface area contributed by atoms with Crippen molar-refractivity contribution in [3.63, 3.8) is 0 Å². The third kappa shape index (κ3) is 39.1. The summed E-state index contributed by atoms with van der Waals surface area (Å²) in [5.74, 6) is 1.09. The highest BCUT2D eigenvalue weighted by molar-refractivity contribution is 8.25. The topological polar surface area (TPSA) is 21.8 Å². The van der Waals surface area contributed by atoms with Crippen molar-refractivity contribution >= 4 is 40.1 Å². The Morgan fingerprint density at radius 1 is 0.381 bits per heavy atom. The van der Waals surface area contributed by atoms with Crippen LogP contribution in [0.25, 0.3) is 0 Å². The van der Waals surface area contributed by atoms with Crippen molar-refractivity contribution < 1.29 is 0 Å². The summed E-state index contributed by atoms with van der Waals surface area (Å²) in [6.07, 6.45) is 62.0. The van der Waals surface area contributed by atoms with Crippen molar-refractivity contribution in [3.05, 3.63) is 0 Å². The minimum Gasteiger partial charge on any atom is -0.289 e. The van der Waals surface area contributed by atoms with E-state index in [1.165, 1.54) is 309 Å². The number of unbranched alkanes of at least 4 members (excludes halogenated alkanes) is 40. The predicted molar refractivity (Wildman–Crippen MR) is 296 cm³/mol. The third-order valence-corrected chi connectivity index (χ3v) is 17.7. The zero-order valence-electron chi connectivity index (χ0n) is 43.5. The molecule has 2 unspecified atom stereocenters. The first kappa shape index (κ1) is 61.5. The zero-order valence-corrected chi connectivity index (χ0v) is 46.1. The molecule has 1 fully saturated rings. The lowest BCUT2D eigenvalue weighted by Gasteiger charge is -2.28. The molecule has 1 heterocycles. The summed E-state index contributed by atoms with van der Waals surface area (Å²) in [5, 5.41) is 2.42. The van der Waals surface area contributed by atoms with Crippen molar-refractivity contribution in [1.82, 2.24) is 20.2 Å². The maximum absolute atomic E-state index is 6.16. The maximum Gasteiger partial charge on any atom is 0.306 e. The fraction of sp³-hybridized carbons (Fsp3) is 0.982. The van der Waals surface area contributed by atoms with E-state index < -0.39 is 0 Å². The number of hydrazine groups is 1. The maximum atomic E-state index is 6.16. The summed E-state index contributed by atoms with van der Waals surface area (Å²) < 4.78 is 1.23. The van der Waals surface area contributed by atoms with Crippen LogP contribution in [0.1, 0.15) is 310 Å². The number of nitrogens with one attached hydrogen (secondary N) is 1. The van der Waals surface area contributed by atoms with Gasteiger partial charge in [0.25, 0.3) is 0 Å². The highest BCUT2D eigenvalue weighted by Gasteiger charge is 2.47. The molecule has 63 heavy (non-hydrogen) atoms. The lowest BCUT2D eigenvalue weighted by molar-refractivity contribution is 0.122. The van der Waals surface area contributed by atoms with Crippen molar-refractivity contribution in [3.8, 4) is 0 Å². The van der Waals surface area contributed by atoms with E-state index in [1.54, 1.807) is 0 Å². The monoisotopic (exact) mass is 940 g/mol. The fourth-order valence-corrected chi connectivity index (χ4v) is 12.8. The van der Waals surface area contributed by atoms with Crippen molar-refractivity contribution in [1.29, 1.82) is 0 Å². The van der Waals surface area contributed by atoms with E-state index in [2.05, 4.69) is 47.9 Å². The van der Waals surface area contributed by atoms with Crippen LogP contribution >= 0.6 is 24.8 Å². The van der Waals surface area contributed by atoms with Gasteiger partial charge in [-0.15, -0.1) is 17.6 Å². The van der Waals surface area contributed by atoms with Gasteiger partial charge in [0.2, 0.25) is 4.71 Å². The molecule has 1 N–H and O–H groups in total. The number of hydrogen-bond donors (Lipinski definition) is 2. The minimum atomic E-state index is -0.0449. The van der Waals surface area contributed by atoms with Gasteiger partial charge in [-0.05, 0) is 51.0 Å². The molecule has 0 aromatic carbocycles. The molecule has 1 aliphatic rings. The normalized spacial score (nSPS) is 15.8. The zero-order chi connectivity index (χ0) is 45.5. The van der Waals surface area contributed by atoms with Crippen molar-refractivity contribution in [2.75, 3.05) is 38.7 Å². The molecule has 0 aliphatic carbocycles. The predicted octanol–water partition coefficient (Wildman–Crippen LogP) is 18.7. The first-order valence-electron chi connectivity index (χ1n) is 29.0. The largest absolute Gasteiger partial charge is 0.306 e. The Labute approximate surface area is 411 Å². The van der Waals surface area contributed by atoms with Gasteiger partial charge in [0, 0.05) is 13.1 Å². The second-order valence-corrected chi connectivity index (χ2v) is 23.7. The number of rotatable bonds is 52. The first-order chi connectivity index (χ1) is 31.1. The Bertz CT molecular complexity index is 871. The molecule has 1 rings (SSSR count). The average Bonchev–Trinajstić information content (AvgIpc) is 3.54. The van der Waals surface area contributed by atoms with Crippen molar-refractivity contribution in [2.45, 2.75) is 315 Å². The van der Waals surface area contributed by atoms with E-state index in [0.29, 0.717) is 0 Å². The van der Waals surface area contributed by atoms with Crippen LogP contribution in [0.15, 0.2) is 0 Å². The lowest BCUT2D eigenvalue weighted by Crippen LogP contribution is -2.46. The number of thiocarbonyl (C=S) groups is 1.